The summed E-state index contributed by atoms with van der Waals surface area (Å²) >= 11 is 5.84. The Bertz CT molecular complexity index is 478. The lowest BCUT2D eigenvalue weighted by Gasteiger charge is -2.31. The van der Waals surface area contributed by atoms with E-state index in [0.29, 0.717) is 22.9 Å². The highest BCUT2D eigenvalue weighted by Gasteiger charge is 2.20. The van der Waals surface area contributed by atoms with Gasteiger partial charge in [0.2, 0.25) is 5.91 Å². The molecule has 4 nitrogen and oxygen atoms in total. The van der Waals surface area contributed by atoms with E-state index in [0.717, 1.165) is 19.0 Å². The fraction of sp³-hybridized carbons (Fsp3) is 0.533. The van der Waals surface area contributed by atoms with Crippen LogP contribution in [-0.2, 0) is 4.79 Å². The smallest absolute Gasteiger partial charge is 0.238 e. The summed E-state index contributed by atoms with van der Waals surface area (Å²) in [7, 11) is 0. The van der Waals surface area contributed by atoms with Gasteiger partial charge >= 0.3 is 0 Å². The second-order valence-corrected chi connectivity index (χ2v) is 5.87. The molecule has 3 N–H and O–H groups in total. The number of nitrogen functional groups attached to an aromatic ring is 1. The molecule has 2 rings (SSSR count). The van der Waals surface area contributed by atoms with Crippen LogP contribution in [0.4, 0.5) is 11.4 Å². The number of benzene rings is 1. The maximum atomic E-state index is 12.1. The molecule has 0 saturated carbocycles. The number of anilines is 2. The zero-order valence-electron chi connectivity index (χ0n) is 11.9. The van der Waals surface area contributed by atoms with Gasteiger partial charge in [0.15, 0.2) is 0 Å². The number of rotatable bonds is 4. The van der Waals surface area contributed by atoms with E-state index in [1.54, 1.807) is 18.2 Å². The summed E-state index contributed by atoms with van der Waals surface area (Å²) < 4.78 is 0. The van der Waals surface area contributed by atoms with Gasteiger partial charge in [0.05, 0.1) is 17.9 Å². The molecule has 1 aromatic carbocycles. The van der Waals surface area contributed by atoms with Crippen molar-refractivity contribution >= 4 is 28.9 Å². The molecule has 1 fully saturated rings. The highest BCUT2D eigenvalue weighted by atomic mass is 35.5. The summed E-state index contributed by atoms with van der Waals surface area (Å²) in [5, 5.41) is 3.42. The summed E-state index contributed by atoms with van der Waals surface area (Å²) in [6.45, 7) is 4.65. The molecule has 0 aromatic heterocycles. The third-order valence-electron chi connectivity index (χ3n) is 3.84. The molecule has 1 aromatic rings. The van der Waals surface area contributed by atoms with Crippen LogP contribution in [0.15, 0.2) is 18.2 Å². The molecule has 0 spiro atoms. The molecular weight excluding hydrogens is 274 g/mol. The van der Waals surface area contributed by atoms with Gasteiger partial charge in [-0.3, -0.25) is 9.69 Å². The van der Waals surface area contributed by atoms with Crippen molar-refractivity contribution < 1.29 is 4.79 Å². The third kappa shape index (κ3) is 4.12. The molecule has 20 heavy (non-hydrogen) atoms. The Labute approximate surface area is 125 Å². The Morgan fingerprint density at radius 3 is 3.05 bits per heavy atom. The van der Waals surface area contributed by atoms with E-state index in [4.69, 9.17) is 17.3 Å². The van der Waals surface area contributed by atoms with E-state index in [1.807, 2.05) is 0 Å². The van der Waals surface area contributed by atoms with Crippen LogP contribution >= 0.6 is 11.6 Å². The molecule has 0 aliphatic carbocycles. The standard InChI is InChI=1S/C15H22ClN3O/c1-2-11-4-3-7-19(9-11)10-15(20)18-14-6-5-12(16)8-13(14)17/h5-6,8,11H,2-4,7,9-10,17H2,1H3,(H,18,20). The summed E-state index contributed by atoms with van der Waals surface area (Å²) in [6.07, 6.45) is 3.63. The van der Waals surface area contributed by atoms with Crippen LogP contribution < -0.4 is 11.1 Å². The van der Waals surface area contributed by atoms with E-state index in [2.05, 4.69) is 17.1 Å². The number of piperidine rings is 1. The summed E-state index contributed by atoms with van der Waals surface area (Å²) in [4.78, 5) is 14.3. The number of halogens is 1. The molecule has 110 valence electrons. The molecule has 5 heteroatoms. The van der Waals surface area contributed by atoms with Gasteiger partial charge in [-0.1, -0.05) is 24.9 Å². The fourth-order valence-corrected chi connectivity index (χ4v) is 2.85. The number of nitrogens with one attached hydrogen (secondary N) is 1. The SMILES string of the molecule is CCC1CCCN(CC(=O)Nc2ccc(Cl)cc2N)C1. The maximum absolute atomic E-state index is 12.1. The van der Waals surface area contributed by atoms with Gasteiger partial charge in [0.1, 0.15) is 0 Å². The number of likely N-dealkylation sites (tertiary alicyclic amines) is 1. The molecule has 1 amide bonds. The first-order valence-corrected chi connectivity index (χ1v) is 7.53. The van der Waals surface area contributed by atoms with Crippen molar-refractivity contribution in [2.24, 2.45) is 5.92 Å². The average Bonchev–Trinajstić information content (AvgIpc) is 2.42. The van der Waals surface area contributed by atoms with Crippen molar-refractivity contribution in [1.29, 1.82) is 0 Å². The van der Waals surface area contributed by atoms with Gasteiger partial charge in [-0.15, -0.1) is 0 Å². The highest BCUT2D eigenvalue weighted by molar-refractivity contribution is 6.31. The van der Waals surface area contributed by atoms with Crippen LogP contribution in [0.3, 0.4) is 0 Å². The Balaban J connectivity index is 1.88. The van der Waals surface area contributed by atoms with Crippen LogP contribution in [0.5, 0.6) is 0 Å². The summed E-state index contributed by atoms with van der Waals surface area (Å²) in [6, 6.07) is 5.10. The molecule has 1 unspecified atom stereocenters. The largest absolute Gasteiger partial charge is 0.397 e. The van der Waals surface area contributed by atoms with Crippen LogP contribution in [0, 0.1) is 5.92 Å². The van der Waals surface area contributed by atoms with Gasteiger partial charge in [-0.25, -0.2) is 0 Å². The van der Waals surface area contributed by atoms with Crippen LogP contribution in [0.2, 0.25) is 5.02 Å². The van der Waals surface area contributed by atoms with Crippen molar-refractivity contribution in [3.63, 3.8) is 0 Å². The zero-order chi connectivity index (χ0) is 14.5. The number of nitrogens with zero attached hydrogens (tertiary/aromatic N) is 1. The second kappa shape index (κ2) is 6.95. The van der Waals surface area contributed by atoms with E-state index >= 15 is 0 Å². The molecule has 1 aliphatic heterocycles. The minimum atomic E-state index is -0.0178. The van der Waals surface area contributed by atoms with Crippen molar-refractivity contribution in [3.8, 4) is 0 Å². The Kier molecular flexibility index (Phi) is 5.26. The van der Waals surface area contributed by atoms with E-state index in [-0.39, 0.29) is 5.91 Å². The Morgan fingerprint density at radius 2 is 2.35 bits per heavy atom. The van der Waals surface area contributed by atoms with E-state index in [9.17, 15) is 4.79 Å². The quantitative estimate of drug-likeness (QED) is 0.840. The molecule has 1 heterocycles. The van der Waals surface area contributed by atoms with Gasteiger partial charge in [0, 0.05) is 11.6 Å². The predicted molar refractivity (Wildman–Crippen MR) is 83.9 cm³/mol. The van der Waals surface area contributed by atoms with Crippen LogP contribution in [0.1, 0.15) is 26.2 Å². The lowest BCUT2D eigenvalue weighted by molar-refractivity contribution is -0.117. The number of amides is 1. The lowest BCUT2D eigenvalue weighted by Crippen LogP contribution is -2.40. The number of nitrogens with two attached hydrogens (primary N) is 1. The Hall–Kier alpha value is -1.26. The summed E-state index contributed by atoms with van der Waals surface area (Å²) in [5.41, 5.74) is 6.96. The molecule has 1 atom stereocenters. The predicted octanol–water partition coefficient (Wildman–Crippen LogP) is 2.98. The van der Waals surface area contributed by atoms with Crippen molar-refractivity contribution in [1.82, 2.24) is 4.90 Å². The van der Waals surface area contributed by atoms with Crippen molar-refractivity contribution in [2.75, 3.05) is 30.7 Å². The van der Waals surface area contributed by atoms with Crippen molar-refractivity contribution in [2.45, 2.75) is 26.2 Å². The number of hydrogen-bond acceptors (Lipinski definition) is 3. The minimum absolute atomic E-state index is 0.0178. The second-order valence-electron chi connectivity index (χ2n) is 5.43. The van der Waals surface area contributed by atoms with Crippen LogP contribution in [-0.4, -0.2) is 30.4 Å². The first-order valence-electron chi connectivity index (χ1n) is 7.15. The van der Waals surface area contributed by atoms with E-state index in [1.165, 1.54) is 19.3 Å². The highest BCUT2D eigenvalue weighted by Crippen LogP contribution is 2.23. The van der Waals surface area contributed by atoms with Crippen LogP contribution in [0.25, 0.3) is 0 Å². The molecule has 1 saturated heterocycles. The lowest BCUT2D eigenvalue weighted by atomic mass is 9.96. The normalized spacial score (nSPS) is 19.8. The molecule has 1 aliphatic rings. The van der Waals surface area contributed by atoms with E-state index < -0.39 is 0 Å². The minimum Gasteiger partial charge on any atom is -0.397 e. The van der Waals surface area contributed by atoms with Gasteiger partial charge < -0.3 is 11.1 Å². The van der Waals surface area contributed by atoms with Gasteiger partial charge in [0.25, 0.3) is 0 Å². The monoisotopic (exact) mass is 295 g/mol. The summed E-state index contributed by atoms with van der Waals surface area (Å²) in [5.74, 6) is 0.702. The fourth-order valence-electron chi connectivity index (χ4n) is 2.67. The van der Waals surface area contributed by atoms with Gasteiger partial charge in [-0.2, -0.15) is 0 Å². The molecule has 0 radical (unpaired) electrons. The maximum Gasteiger partial charge on any atom is 0.238 e. The number of carbonyl (C=O) groups excluding carboxylic acids is 1. The average molecular weight is 296 g/mol. The first-order chi connectivity index (χ1) is 9.58. The Morgan fingerprint density at radius 1 is 1.55 bits per heavy atom. The topological polar surface area (TPSA) is 58.4 Å². The first kappa shape index (κ1) is 15.1. The number of carbonyl (C=O) groups is 1. The molecule has 0 bridgehead atoms. The van der Waals surface area contributed by atoms with Gasteiger partial charge in [-0.05, 0) is 43.5 Å². The molecular formula is C15H22ClN3O. The third-order valence-corrected chi connectivity index (χ3v) is 4.07. The van der Waals surface area contributed by atoms with Crippen molar-refractivity contribution in [3.05, 3.63) is 23.2 Å². The zero-order valence-corrected chi connectivity index (χ0v) is 12.6. The number of hydrogen-bond donors (Lipinski definition) is 2.